The second-order valence-corrected chi connectivity index (χ2v) is 4.39. The van der Waals surface area contributed by atoms with Gasteiger partial charge in [-0.05, 0) is 32.7 Å². The van der Waals surface area contributed by atoms with Gasteiger partial charge >= 0.3 is 0 Å². The molecule has 0 bridgehead atoms. The highest BCUT2D eigenvalue weighted by atomic mass is 15.1. The monoisotopic (exact) mass is 223 g/mol. The normalized spacial score (nSPS) is 12.9. The van der Waals surface area contributed by atoms with E-state index in [4.69, 9.17) is 0 Å². The van der Waals surface area contributed by atoms with E-state index in [-0.39, 0.29) is 0 Å². The molecule has 1 aromatic rings. The quantitative estimate of drug-likeness (QED) is 0.734. The molecule has 0 aliphatic carbocycles. The number of imidazole rings is 1. The van der Waals surface area contributed by atoms with Gasteiger partial charge in [-0.2, -0.15) is 0 Å². The molecule has 16 heavy (non-hydrogen) atoms. The number of hydrogen-bond donors (Lipinski definition) is 1. The zero-order valence-corrected chi connectivity index (χ0v) is 10.9. The summed E-state index contributed by atoms with van der Waals surface area (Å²) >= 11 is 0. The van der Waals surface area contributed by atoms with Crippen LogP contribution in [0.4, 0.5) is 0 Å². The minimum Gasteiger partial charge on any atom is -0.335 e. The number of hydrogen-bond acceptors (Lipinski definition) is 2. The minimum atomic E-state index is 0.633. The van der Waals surface area contributed by atoms with Crippen LogP contribution in [-0.4, -0.2) is 22.1 Å². The smallest absolute Gasteiger partial charge is 0.108 e. The summed E-state index contributed by atoms with van der Waals surface area (Å²) in [7, 11) is 0. The number of rotatable bonds is 8. The third-order valence-electron chi connectivity index (χ3n) is 2.90. The van der Waals surface area contributed by atoms with Crippen molar-refractivity contribution in [2.45, 2.75) is 59.0 Å². The molecule has 3 heteroatoms. The van der Waals surface area contributed by atoms with Crippen LogP contribution in [0.1, 0.15) is 45.9 Å². The van der Waals surface area contributed by atoms with E-state index in [9.17, 15) is 0 Å². The van der Waals surface area contributed by atoms with E-state index < -0.39 is 0 Å². The van der Waals surface area contributed by atoms with Crippen LogP contribution < -0.4 is 5.32 Å². The lowest BCUT2D eigenvalue weighted by atomic mass is 10.2. The molecule has 1 N–H and O–H groups in total. The highest BCUT2D eigenvalue weighted by Crippen LogP contribution is 2.04. The van der Waals surface area contributed by atoms with E-state index in [1.807, 2.05) is 6.20 Å². The molecule has 1 atom stereocenters. The molecule has 1 unspecified atom stereocenters. The Bertz CT molecular complexity index is 280. The average molecular weight is 223 g/mol. The largest absolute Gasteiger partial charge is 0.335 e. The van der Waals surface area contributed by atoms with Crippen molar-refractivity contribution in [3.8, 4) is 0 Å². The third kappa shape index (κ3) is 4.35. The maximum atomic E-state index is 4.33. The van der Waals surface area contributed by atoms with Crippen molar-refractivity contribution in [2.24, 2.45) is 0 Å². The summed E-state index contributed by atoms with van der Waals surface area (Å²) in [4.78, 5) is 4.33. The van der Waals surface area contributed by atoms with Gasteiger partial charge in [-0.25, -0.2) is 4.98 Å². The lowest BCUT2D eigenvalue weighted by Gasteiger charge is -2.13. The molecule has 0 spiro atoms. The molecule has 0 aromatic carbocycles. The molecular weight excluding hydrogens is 198 g/mol. The topological polar surface area (TPSA) is 29.9 Å². The summed E-state index contributed by atoms with van der Waals surface area (Å²) in [5, 5.41) is 3.52. The first kappa shape index (κ1) is 13.2. The summed E-state index contributed by atoms with van der Waals surface area (Å²) in [6.07, 6.45) is 8.69. The molecule has 0 saturated carbocycles. The van der Waals surface area contributed by atoms with Crippen LogP contribution in [0.3, 0.4) is 0 Å². The highest BCUT2D eigenvalue weighted by molar-refractivity contribution is 4.91. The Morgan fingerprint density at radius 1 is 1.44 bits per heavy atom. The number of nitrogens with one attached hydrogen (secondary N) is 1. The fraction of sp³-hybridized carbons (Fsp3) is 0.769. The predicted octanol–water partition coefficient (Wildman–Crippen LogP) is 2.61. The maximum absolute atomic E-state index is 4.33. The highest BCUT2D eigenvalue weighted by Gasteiger charge is 2.02. The zero-order chi connectivity index (χ0) is 11.8. The SMILES string of the molecule is CCCNC(C)CCCn1ccnc1CC. The number of aromatic nitrogens is 2. The van der Waals surface area contributed by atoms with Gasteiger partial charge in [0.25, 0.3) is 0 Å². The minimum absolute atomic E-state index is 0.633. The van der Waals surface area contributed by atoms with Gasteiger partial charge in [0.2, 0.25) is 0 Å². The molecule has 92 valence electrons. The molecule has 0 radical (unpaired) electrons. The molecule has 0 amide bonds. The Morgan fingerprint density at radius 2 is 2.25 bits per heavy atom. The summed E-state index contributed by atoms with van der Waals surface area (Å²) in [5.74, 6) is 1.20. The van der Waals surface area contributed by atoms with Crippen LogP contribution in [0, 0.1) is 0 Å². The Labute approximate surface area is 99.3 Å². The third-order valence-corrected chi connectivity index (χ3v) is 2.90. The molecule has 1 aromatic heterocycles. The van der Waals surface area contributed by atoms with Crippen molar-refractivity contribution in [3.05, 3.63) is 18.2 Å². The maximum Gasteiger partial charge on any atom is 0.108 e. The van der Waals surface area contributed by atoms with Crippen LogP contribution in [0.25, 0.3) is 0 Å². The van der Waals surface area contributed by atoms with E-state index in [1.165, 1.54) is 25.1 Å². The second-order valence-electron chi connectivity index (χ2n) is 4.39. The van der Waals surface area contributed by atoms with Crippen LogP contribution in [0.15, 0.2) is 12.4 Å². The first-order valence-electron chi connectivity index (χ1n) is 6.51. The second kappa shape index (κ2) is 7.44. The van der Waals surface area contributed by atoms with Gasteiger partial charge in [0.05, 0.1) is 0 Å². The first-order chi connectivity index (χ1) is 7.77. The van der Waals surface area contributed by atoms with Crippen molar-refractivity contribution < 1.29 is 0 Å². The Hall–Kier alpha value is -0.830. The van der Waals surface area contributed by atoms with Crippen molar-refractivity contribution in [1.82, 2.24) is 14.9 Å². The Kier molecular flexibility index (Phi) is 6.16. The fourth-order valence-electron chi connectivity index (χ4n) is 1.92. The van der Waals surface area contributed by atoms with Gasteiger partial charge in [0.1, 0.15) is 5.82 Å². The molecule has 0 fully saturated rings. The lowest BCUT2D eigenvalue weighted by molar-refractivity contribution is 0.472. The van der Waals surface area contributed by atoms with Gasteiger partial charge in [-0.1, -0.05) is 13.8 Å². The lowest BCUT2D eigenvalue weighted by Crippen LogP contribution is -2.26. The molecule has 3 nitrogen and oxygen atoms in total. The van der Waals surface area contributed by atoms with Gasteiger partial charge in [-0.3, -0.25) is 0 Å². The van der Waals surface area contributed by atoms with E-state index in [0.29, 0.717) is 6.04 Å². The fourth-order valence-corrected chi connectivity index (χ4v) is 1.92. The van der Waals surface area contributed by atoms with Crippen LogP contribution >= 0.6 is 0 Å². The molecular formula is C13H25N3. The van der Waals surface area contributed by atoms with Crippen molar-refractivity contribution in [3.63, 3.8) is 0 Å². The standard InChI is InChI=1S/C13H25N3/c1-4-8-14-12(3)7-6-10-16-11-9-15-13(16)5-2/h9,11-12,14H,4-8,10H2,1-3H3. The summed E-state index contributed by atoms with van der Waals surface area (Å²) < 4.78 is 2.27. The van der Waals surface area contributed by atoms with Gasteiger partial charge in [-0.15, -0.1) is 0 Å². The van der Waals surface area contributed by atoms with Gasteiger partial charge < -0.3 is 9.88 Å². The van der Waals surface area contributed by atoms with Crippen molar-refractivity contribution >= 4 is 0 Å². The first-order valence-corrected chi connectivity index (χ1v) is 6.51. The Balaban J connectivity index is 2.20. The van der Waals surface area contributed by atoms with E-state index >= 15 is 0 Å². The van der Waals surface area contributed by atoms with E-state index in [2.05, 4.69) is 41.8 Å². The number of nitrogens with zero attached hydrogens (tertiary/aromatic N) is 2. The van der Waals surface area contributed by atoms with E-state index in [0.717, 1.165) is 19.5 Å². The van der Waals surface area contributed by atoms with Crippen LogP contribution in [0.2, 0.25) is 0 Å². The molecule has 0 saturated heterocycles. The molecule has 0 aliphatic rings. The van der Waals surface area contributed by atoms with Crippen molar-refractivity contribution in [1.29, 1.82) is 0 Å². The van der Waals surface area contributed by atoms with Gasteiger partial charge in [0, 0.05) is 31.4 Å². The van der Waals surface area contributed by atoms with Gasteiger partial charge in [0.15, 0.2) is 0 Å². The number of aryl methyl sites for hydroxylation is 2. The molecule has 1 heterocycles. The van der Waals surface area contributed by atoms with Crippen LogP contribution in [-0.2, 0) is 13.0 Å². The van der Waals surface area contributed by atoms with Crippen molar-refractivity contribution in [2.75, 3.05) is 6.54 Å². The molecule has 0 aliphatic heterocycles. The summed E-state index contributed by atoms with van der Waals surface area (Å²) in [6.45, 7) is 8.86. The summed E-state index contributed by atoms with van der Waals surface area (Å²) in [5.41, 5.74) is 0. The predicted molar refractivity (Wildman–Crippen MR) is 68.6 cm³/mol. The Morgan fingerprint density at radius 3 is 2.94 bits per heavy atom. The average Bonchev–Trinajstić information content (AvgIpc) is 2.74. The van der Waals surface area contributed by atoms with Crippen LogP contribution in [0.5, 0.6) is 0 Å². The summed E-state index contributed by atoms with van der Waals surface area (Å²) in [6, 6.07) is 0.633. The zero-order valence-electron chi connectivity index (χ0n) is 10.9. The molecule has 1 rings (SSSR count). The van der Waals surface area contributed by atoms with E-state index in [1.54, 1.807) is 0 Å².